The maximum absolute atomic E-state index is 8.44. The molecule has 68 valence electrons. The third-order valence-corrected chi connectivity index (χ3v) is 3.29. The molecule has 0 aromatic carbocycles. The molecule has 0 saturated carbocycles. The predicted octanol–water partition coefficient (Wildman–Crippen LogP) is 1.73. The molecule has 2 nitrogen and oxygen atoms in total. The maximum atomic E-state index is 8.44. The largest absolute Gasteiger partial charge is 0.299 e. The van der Waals surface area contributed by atoms with Gasteiger partial charge in [-0.1, -0.05) is 0 Å². The zero-order chi connectivity index (χ0) is 8.81. The summed E-state index contributed by atoms with van der Waals surface area (Å²) >= 11 is 2.03. The molecular formula is C9H16N2S. The normalized spacial score (nSPS) is 21.7. The second-order valence-corrected chi connectivity index (χ2v) is 4.42. The summed E-state index contributed by atoms with van der Waals surface area (Å²) in [6.45, 7) is 4.64. The van der Waals surface area contributed by atoms with Crippen LogP contribution in [0.1, 0.15) is 19.8 Å². The van der Waals surface area contributed by atoms with Gasteiger partial charge >= 0.3 is 0 Å². The minimum absolute atomic E-state index is 0.602. The number of hydrogen-bond donors (Lipinski definition) is 0. The van der Waals surface area contributed by atoms with E-state index in [-0.39, 0.29) is 0 Å². The van der Waals surface area contributed by atoms with Crippen LogP contribution in [0.25, 0.3) is 0 Å². The number of nitriles is 1. The predicted molar refractivity (Wildman–Crippen MR) is 53.2 cm³/mol. The monoisotopic (exact) mass is 184 g/mol. The molecule has 1 heterocycles. The van der Waals surface area contributed by atoms with Gasteiger partial charge in [0.2, 0.25) is 0 Å². The van der Waals surface area contributed by atoms with Crippen molar-refractivity contribution >= 4 is 11.8 Å². The lowest BCUT2D eigenvalue weighted by Crippen LogP contribution is -2.39. The lowest BCUT2D eigenvalue weighted by molar-refractivity contribution is 0.222. The highest BCUT2D eigenvalue weighted by atomic mass is 32.2. The van der Waals surface area contributed by atoms with Crippen LogP contribution in [0.5, 0.6) is 0 Å². The number of thioether (sulfide) groups is 1. The Morgan fingerprint density at radius 3 is 2.75 bits per heavy atom. The molecule has 1 atom stereocenters. The first-order chi connectivity index (χ1) is 5.84. The van der Waals surface area contributed by atoms with Gasteiger partial charge in [0.25, 0.3) is 0 Å². The maximum Gasteiger partial charge on any atom is 0.0622 e. The molecule has 1 rings (SSSR count). The van der Waals surface area contributed by atoms with E-state index in [1.807, 2.05) is 11.8 Å². The van der Waals surface area contributed by atoms with Gasteiger partial charge < -0.3 is 0 Å². The van der Waals surface area contributed by atoms with Crippen molar-refractivity contribution in [2.75, 3.05) is 24.6 Å². The lowest BCUT2D eigenvalue weighted by atomic mass is 10.1. The van der Waals surface area contributed by atoms with Gasteiger partial charge in [-0.25, -0.2) is 0 Å². The van der Waals surface area contributed by atoms with Crippen LogP contribution in [0, 0.1) is 11.3 Å². The summed E-state index contributed by atoms with van der Waals surface area (Å²) in [4.78, 5) is 2.49. The summed E-state index contributed by atoms with van der Waals surface area (Å²) in [5, 5.41) is 8.44. The zero-order valence-electron chi connectivity index (χ0n) is 7.62. The van der Waals surface area contributed by atoms with Gasteiger partial charge in [0.1, 0.15) is 0 Å². The first kappa shape index (κ1) is 9.88. The lowest BCUT2D eigenvalue weighted by Gasteiger charge is -2.31. The van der Waals surface area contributed by atoms with E-state index in [1.54, 1.807) is 0 Å². The smallest absolute Gasteiger partial charge is 0.0622 e. The summed E-state index contributed by atoms with van der Waals surface area (Å²) in [6.07, 6.45) is 1.73. The Morgan fingerprint density at radius 1 is 1.50 bits per heavy atom. The highest BCUT2D eigenvalue weighted by molar-refractivity contribution is 7.99. The van der Waals surface area contributed by atoms with E-state index in [1.165, 1.54) is 24.6 Å². The summed E-state index contributed by atoms with van der Waals surface area (Å²) in [7, 11) is 0. The van der Waals surface area contributed by atoms with E-state index >= 15 is 0 Å². The van der Waals surface area contributed by atoms with Crippen molar-refractivity contribution < 1.29 is 0 Å². The molecule has 0 radical (unpaired) electrons. The van der Waals surface area contributed by atoms with E-state index in [0.29, 0.717) is 12.5 Å². The molecule has 1 aliphatic heterocycles. The fourth-order valence-electron chi connectivity index (χ4n) is 1.47. The molecule has 1 saturated heterocycles. The third kappa shape index (κ3) is 3.04. The van der Waals surface area contributed by atoms with Gasteiger partial charge in [0, 0.05) is 37.1 Å². The van der Waals surface area contributed by atoms with Crippen molar-refractivity contribution in [3.8, 4) is 6.07 Å². The molecule has 0 spiro atoms. The van der Waals surface area contributed by atoms with Crippen LogP contribution in [0.15, 0.2) is 0 Å². The Morgan fingerprint density at radius 2 is 2.17 bits per heavy atom. The van der Waals surface area contributed by atoms with E-state index in [9.17, 15) is 0 Å². The minimum atomic E-state index is 0.602. The number of nitrogens with zero attached hydrogens (tertiary/aromatic N) is 2. The van der Waals surface area contributed by atoms with E-state index < -0.39 is 0 Å². The zero-order valence-corrected chi connectivity index (χ0v) is 8.44. The highest BCUT2D eigenvalue weighted by Gasteiger charge is 2.15. The summed E-state index contributed by atoms with van der Waals surface area (Å²) in [5.74, 6) is 2.52. The van der Waals surface area contributed by atoms with Gasteiger partial charge in [-0.2, -0.15) is 17.0 Å². The Hall–Kier alpha value is -0.200. The molecule has 0 aromatic rings. The third-order valence-electron chi connectivity index (χ3n) is 2.34. The summed E-state index contributed by atoms with van der Waals surface area (Å²) in [5.41, 5.74) is 0. The van der Waals surface area contributed by atoms with Crippen LogP contribution < -0.4 is 0 Å². The highest BCUT2D eigenvalue weighted by Crippen LogP contribution is 2.14. The molecule has 3 heteroatoms. The Bertz CT molecular complexity index is 158. The molecule has 0 aliphatic carbocycles. The average molecular weight is 184 g/mol. The van der Waals surface area contributed by atoms with E-state index in [0.717, 1.165) is 6.42 Å². The van der Waals surface area contributed by atoms with Gasteiger partial charge in [0.15, 0.2) is 0 Å². The molecule has 0 N–H and O–H groups in total. The van der Waals surface area contributed by atoms with Crippen molar-refractivity contribution in [3.05, 3.63) is 0 Å². The SMILES string of the molecule is CC(CCC#N)N1CCSCC1. The van der Waals surface area contributed by atoms with Crippen molar-refractivity contribution in [2.24, 2.45) is 0 Å². The average Bonchev–Trinajstić information content (AvgIpc) is 2.15. The summed E-state index contributed by atoms with van der Waals surface area (Å²) in [6, 6.07) is 2.81. The van der Waals surface area contributed by atoms with Crippen molar-refractivity contribution in [1.82, 2.24) is 4.90 Å². The second-order valence-electron chi connectivity index (χ2n) is 3.19. The van der Waals surface area contributed by atoms with Gasteiger partial charge in [-0.05, 0) is 13.3 Å². The standard InChI is InChI=1S/C9H16N2S/c1-9(3-2-4-10)11-5-7-12-8-6-11/h9H,2-3,5-8H2,1H3. The number of hydrogen-bond acceptors (Lipinski definition) is 3. The van der Waals surface area contributed by atoms with Gasteiger partial charge in [-0.3, -0.25) is 4.90 Å². The minimum Gasteiger partial charge on any atom is -0.299 e. The Labute approximate surface area is 78.9 Å². The molecule has 0 aromatic heterocycles. The van der Waals surface area contributed by atoms with Crippen molar-refractivity contribution in [1.29, 1.82) is 5.26 Å². The quantitative estimate of drug-likeness (QED) is 0.668. The molecule has 1 fully saturated rings. The van der Waals surface area contributed by atoms with Crippen LogP contribution >= 0.6 is 11.8 Å². The van der Waals surface area contributed by atoms with E-state index in [2.05, 4.69) is 17.9 Å². The van der Waals surface area contributed by atoms with Crippen LogP contribution in [0.2, 0.25) is 0 Å². The first-order valence-electron chi connectivity index (χ1n) is 4.53. The number of rotatable bonds is 3. The molecular weight excluding hydrogens is 168 g/mol. The van der Waals surface area contributed by atoms with Crippen LogP contribution in [0.3, 0.4) is 0 Å². The van der Waals surface area contributed by atoms with Crippen LogP contribution in [-0.2, 0) is 0 Å². The molecule has 1 unspecified atom stereocenters. The van der Waals surface area contributed by atoms with Crippen LogP contribution in [-0.4, -0.2) is 35.5 Å². The Balaban J connectivity index is 2.21. The molecule has 1 aliphatic rings. The molecule has 12 heavy (non-hydrogen) atoms. The van der Waals surface area contributed by atoms with Crippen LogP contribution in [0.4, 0.5) is 0 Å². The fourth-order valence-corrected chi connectivity index (χ4v) is 2.41. The molecule has 0 bridgehead atoms. The summed E-state index contributed by atoms with van der Waals surface area (Å²) < 4.78 is 0. The first-order valence-corrected chi connectivity index (χ1v) is 5.69. The van der Waals surface area contributed by atoms with Gasteiger partial charge in [-0.15, -0.1) is 0 Å². The second kappa shape index (κ2) is 5.45. The Kier molecular flexibility index (Phi) is 4.49. The topological polar surface area (TPSA) is 27.0 Å². The molecule has 0 amide bonds. The van der Waals surface area contributed by atoms with Gasteiger partial charge in [0.05, 0.1) is 6.07 Å². The van der Waals surface area contributed by atoms with E-state index in [4.69, 9.17) is 5.26 Å². The fraction of sp³-hybridized carbons (Fsp3) is 0.889. The van der Waals surface area contributed by atoms with Crippen molar-refractivity contribution in [3.63, 3.8) is 0 Å². The van der Waals surface area contributed by atoms with Crippen molar-refractivity contribution in [2.45, 2.75) is 25.8 Å².